The summed E-state index contributed by atoms with van der Waals surface area (Å²) in [6.07, 6.45) is -4.50. The summed E-state index contributed by atoms with van der Waals surface area (Å²) < 4.78 is 36.2. The van der Waals surface area contributed by atoms with Gasteiger partial charge in [0, 0.05) is 4.91 Å². The number of alkyl halides is 1. The Morgan fingerprint density at radius 2 is 2.12 bits per heavy atom. The van der Waals surface area contributed by atoms with E-state index >= 15 is 0 Å². The molecule has 0 aromatic heterocycles. The first-order chi connectivity index (χ1) is 11.9. The van der Waals surface area contributed by atoms with Crippen molar-refractivity contribution >= 4 is 5.97 Å². The molecule has 5 atom stereocenters. The van der Waals surface area contributed by atoms with E-state index in [1.807, 2.05) is 0 Å². The molecule has 0 bridgehead atoms. The van der Waals surface area contributed by atoms with Crippen LogP contribution in [0.25, 0.3) is 10.4 Å². The van der Waals surface area contributed by atoms with Crippen LogP contribution >= 0.6 is 0 Å². The number of hydrogen-bond donors (Lipinski definition) is 0. The zero-order chi connectivity index (χ0) is 18.0. The minimum Gasteiger partial charge on any atom is -0.462 e. The Morgan fingerprint density at radius 1 is 1.40 bits per heavy atom. The van der Waals surface area contributed by atoms with E-state index in [1.165, 1.54) is 0 Å². The van der Waals surface area contributed by atoms with E-state index < -0.39 is 42.5 Å². The van der Waals surface area contributed by atoms with E-state index in [1.54, 1.807) is 44.2 Å². The fourth-order valence-corrected chi connectivity index (χ4v) is 2.88. The fourth-order valence-electron chi connectivity index (χ4n) is 2.88. The number of esters is 1. The molecule has 9 heteroatoms. The lowest BCUT2D eigenvalue weighted by Gasteiger charge is -2.25. The van der Waals surface area contributed by atoms with E-state index in [4.69, 9.17) is 24.5 Å². The maximum absolute atomic E-state index is 14.7. The van der Waals surface area contributed by atoms with Crippen LogP contribution < -0.4 is 0 Å². The Bertz CT molecular complexity index is 680. The molecule has 0 unspecified atom stereocenters. The lowest BCUT2D eigenvalue weighted by atomic mass is 10.1. The van der Waals surface area contributed by atoms with Gasteiger partial charge in [0.1, 0.15) is 24.9 Å². The number of benzene rings is 1. The summed E-state index contributed by atoms with van der Waals surface area (Å²) in [5.41, 5.74) is 9.07. The molecular weight excluding hydrogens is 333 g/mol. The second-order valence-corrected chi connectivity index (χ2v) is 6.25. The van der Waals surface area contributed by atoms with Crippen LogP contribution in [-0.4, -0.2) is 49.1 Å². The zero-order valence-corrected chi connectivity index (χ0v) is 13.7. The summed E-state index contributed by atoms with van der Waals surface area (Å²) in [6.45, 7) is 3.00. The lowest BCUT2D eigenvalue weighted by Crippen LogP contribution is -2.40. The summed E-state index contributed by atoms with van der Waals surface area (Å²) in [5.74, 6) is -1.54. The van der Waals surface area contributed by atoms with Crippen molar-refractivity contribution in [3.63, 3.8) is 0 Å². The molecule has 25 heavy (non-hydrogen) atoms. The van der Waals surface area contributed by atoms with E-state index in [0.717, 1.165) is 0 Å². The molecule has 2 aliphatic heterocycles. The van der Waals surface area contributed by atoms with Gasteiger partial charge >= 0.3 is 5.97 Å². The highest BCUT2D eigenvalue weighted by Crippen LogP contribution is 2.40. The number of azide groups is 1. The molecule has 3 rings (SSSR count). The SMILES string of the molecule is CC1(C)O[C@H]2O[C@H]([C@@H](COC(=O)c3ccccc3)N=[N+]=[N-])[C@H](F)[C@H]2O1. The molecule has 8 nitrogen and oxygen atoms in total. The van der Waals surface area contributed by atoms with Gasteiger partial charge in [-0.1, -0.05) is 23.3 Å². The van der Waals surface area contributed by atoms with Crippen molar-refractivity contribution in [2.45, 2.75) is 50.3 Å². The molecule has 0 radical (unpaired) electrons. The van der Waals surface area contributed by atoms with Gasteiger partial charge in [0.05, 0.1) is 5.56 Å². The van der Waals surface area contributed by atoms with Crippen molar-refractivity contribution in [2.75, 3.05) is 6.61 Å². The normalized spacial score (nSPS) is 31.0. The van der Waals surface area contributed by atoms with Crippen LogP contribution in [0.5, 0.6) is 0 Å². The lowest BCUT2D eigenvalue weighted by molar-refractivity contribution is -0.213. The number of nitrogens with zero attached hydrogens (tertiary/aromatic N) is 3. The molecular formula is C16H18FN3O5. The smallest absolute Gasteiger partial charge is 0.338 e. The third kappa shape index (κ3) is 3.74. The Hall–Kier alpha value is -2.19. The Balaban J connectivity index is 1.64. The monoisotopic (exact) mass is 351 g/mol. The van der Waals surface area contributed by atoms with Crippen molar-refractivity contribution < 1.29 is 28.1 Å². The molecule has 0 N–H and O–H groups in total. The quantitative estimate of drug-likeness (QED) is 0.351. The molecule has 2 saturated heterocycles. The summed E-state index contributed by atoms with van der Waals surface area (Å²) in [7, 11) is 0. The van der Waals surface area contributed by atoms with Crippen molar-refractivity contribution in [1.29, 1.82) is 0 Å². The number of carbonyl (C=O) groups is 1. The van der Waals surface area contributed by atoms with Crippen molar-refractivity contribution in [3.8, 4) is 0 Å². The summed E-state index contributed by atoms with van der Waals surface area (Å²) in [4.78, 5) is 14.7. The Labute approximate surface area is 143 Å². The Kier molecular flexibility index (Phi) is 4.91. The molecule has 1 aromatic carbocycles. The van der Waals surface area contributed by atoms with Gasteiger partial charge in [0.2, 0.25) is 0 Å². The third-order valence-electron chi connectivity index (χ3n) is 3.98. The summed E-state index contributed by atoms with van der Waals surface area (Å²) in [5, 5.41) is 3.51. The highest BCUT2D eigenvalue weighted by molar-refractivity contribution is 5.89. The number of halogens is 1. The van der Waals surface area contributed by atoms with Crippen molar-refractivity contribution in [2.24, 2.45) is 5.11 Å². The largest absolute Gasteiger partial charge is 0.462 e. The van der Waals surface area contributed by atoms with E-state index in [-0.39, 0.29) is 6.61 Å². The predicted molar refractivity (Wildman–Crippen MR) is 83.3 cm³/mol. The molecule has 2 aliphatic rings. The average molecular weight is 351 g/mol. The van der Waals surface area contributed by atoms with Gasteiger partial charge in [-0.15, -0.1) is 0 Å². The zero-order valence-electron chi connectivity index (χ0n) is 13.7. The maximum Gasteiger partial charge on any atom is 0.338 e. The van der Waals surface area contributed by atoms with Crippen LogP contribution in [0.2, 0.25) is 0 Å². The molecule has 0 amide bonds. The number of fused-ring (bicyclic) bond motifs is 1. The van der Waals surface area contributed by atoms with Crippen LogP contribution in [0.15, 0.2) is 35.4 Å². The van der Waals surface area contributed by atoms with E-state index in [2.05, 4.69) is 10.0 Å². The first-order valence-corrected chi connectivity index (χ1v) is 7.83. The molecule has 0 aliphatic carbocycles. The number of carbonyl (C=O) groups excluding carboxylic acids is 1. The topological polar surface area (TPSA) is 103 Å². The highest BCUT2D eigenvalue weighted by atomic mass is 19.1. The number of rotatable bonds is 5. The number of hydrogen-bond acceptors (Lipinski definition) is 6. The van der Waals surface area contributed by atoms with Gasteiger partial charge in [0.25, 0.3) is 0 Å². The van der Waals surface area contributed by atoms with Crippen molar-refractivity contribution in [1.82, 2.24) is 0 Å². The van der Waals surface area contributed by atoms with Gasteiger partial charge in [0.15, 0.2) is 18.2 Å². The number of ether oxygens (including phenoxy) is 4. The summed E-state index contributed by atoms with van der Waals surface area (Å²) >= 11 is 0. The molecule has 134 valence electrons. The van der Waals surface area contributed by atoms with Crippen LogP contribution in [0.1, 0.15) is 24.2 Å². The van der Waals surface area contributed by atoms with Gasteiger partial charge in [-0.2, -0.15) is 0 Å². The van der Waals surface area contributed by atoms with Gasteiger partial charge in [-0.05, 0) is 31.5 Å². The predicted octanol–water partition coefficient (Wildman–Crippen LogP) is 2.74. The second kappa shape index (κ2) is 6.97. The van der Waals surface area contributed by atoms with Gasteiger partial charge < -0.3 is 18.9 Å². The first kappa shape index (κ1) is 17.6. The van der Waals surface area contributed by atoms with Crippen LogP contribution in [0, 0.1) is 0 Å². The summed E-state index contributed by atoms with van der Waals surface area (Å²) in [6, 6.07) is 7.29. The minimum absolute atomic E-state index is 0.314. The molecule has 2 fully saturated rings. The minimum atomic E-state index is -1.57. The van der Waals surface area contributed by atoms with Crippen LogP contribution in [0.4, 0.5) is 4.39 Å². The standard InChI is InChI=1S/C16H18FN3O5/c1-16(2)24-13-11(17)12(23-15(13)25-16)10(19-20-18)8-22-14(21)9-6-4-3-5-7-9/h3-7,10-13,15H,8H2,1-2H3/t10-,11+,12-,13-,15-/m1/s1. The van der Waals surface area contributed by atoms with E-state index in [0.29, 0.717) is 5.56 Å². The third-order valence-corrected chi connectivity index (χ3v) is 3.98. The molecule has 2 heterocycles. The van der Waals surface area contributed by atoms with Gasteiger partial charge in [-0.25, -0.2) is 9.18 Å². The average Bonchev–Trinajstić information content (AvgIpc) is 3.05. The van der Waals surface area contributed by atoms with Crippen LogP contribution in [-0.2, 0) is 18.9 Å². The molecule has 0 spiro atoms. The fraction of sp³-hybridized carbons (Fsp3) is 0.562. The molecule has 1 aromatic rings. The van der Waals surface area contributed by atoms with E-state index in [9.17, 15) is 9.18 Å². The Morgan fingerprint density at radius 3 is 2.76 bits per heavy atom. The van der Waals surface area contributed by atoms with Crippen molar-refractivity contribution in [3.05, 3.63) is 46.3 Å². The maximum atomic E-state index is 14.7. The van der Waals surface area contributed by atoms with Gasteiger partial charge in [-0.3, -0.25) is 0 Å². The molecule has 0 saturated carbocycles. The van der Waals surface area contributed by atoms with Crippen LogP contribution in [0.3, 0.4) is 0 Å². The second-order valence-electron chi connectivity index (χ2n) is 6.25. The highest BCUT2D eigenvalue weighted by Gasteiger charge is 2.57. The first-order valence-electron chi connectivity index (χ1n) is 7.83.